The van der Waals surface area contributed by atoms with Gasteiger partial charge in [0.25, 0.3) is 0 Å². The first-order chi connectivity index (χ1) is 10.5. The Hall–Kier alpha value is 0.339. The Morgan fingerprint density at radius 1 is 0.520 bits per heavy atom. The van der Waals surface area contributed by atoms with Crippen molar-refractivity contribution in [3.8, 4) is 0 Å². The van der Waals surface area contributed by atoms with Gasteiger partial charge in [-0.2, -0.15) is 0 Å². The molecule has 0 aliphatic carbocycles. The molecule has 0 spiro atoms. The zero-order chi connectivity index (χ0) is 19.1. The Bertz CT molecular complexity index is 527. The van der Waals surface area contributed by atoms with E-state index in [1.54, 1.807) is 0 Å². The summed E-state index contributed by atoms with van der Waals surface area (Å²) < 4.78 is 0. The van der Waals surface area contributed by atoms with Crippen LogP contribution in [0.4, 0.5) is 0 Å². The van der Waals surface area contributed by atoms with E-state index in [2.05, 4.69) is 106 Å². The monoisotopic (exact) mass is 422 g/mol. The molecule has 0 aromatic heterocycles. The minimum Gasteiger partial charge on any atom is -0.0361 e. The molecule has 0 aromatic rings. The second kappa shape index (κ2) is 8.15. The van der Waals surface area contributed by atoms with E-state index in [0.717, 1.165) is 0 Å². The van der Waals surface area contributed by atoms with Crippen molar-refractivity contribution in [2.24, 2.45) is 0 Å². The third kappa shape index (κ3) is 5.66. The Balaban J connectivity index is 0.000000443. The van der Waals surface area contributed by atoms with Crippen LogP contribution in [0.2, 0.25) is 0 Å². The van der Waals surface area contributed by atoms with Gasteiger partial charge >= 0.3 is 0 Å². The predicted molar refractivity (Wildman–Crippen MR) is 120 cm³/mol. The van der Waals surface area contributed by atoms with E-state index in [1.165, 1.54) is 22.3 Å². The van der Waals surface area contributed by atoms with Crippen LogP contribution in [0.1, 0.15) is 69.2 Å². The molecule has 25 heavy (non-hydrogen) atoms. The maximum absolute atomic E-state index is 2.50. The molecule has 0 bridgehead atoms. The molecule has 0 saturated heterocycles. The van der Waals surface area contributed by atoms with E-state index in [1.807, 2.05) is 0 Å². The molecule has 0 saturated carbocycles. The van der Waals surface area contributed by atoms with Crippen molar-refractivity contribution >= 4 is 14.5 Å². The van der Waals surface area contributed by atoms with Crippen LogP contribution in [-0.4, -0.2) is 23.6 Å². The van der Waals surface area contributed by atoms with Crippen LogP contribution < -0.4 is 0 Å². The van der Waals surface area contributed by atoms with Gasteiger partial charge in [-0.15, -0.1) is 0 Å². The molecule has 0 unspecified atom stereocenters. The predicted octanol–water partition coefficient (Wildman–Crippen LogP) is 8.50. The third-order valence-corrected chi connectivity index (χ3v) is 15.5. The van der Waals surface area contributed by atoms with Gasteiger partial charge in [0.05, 0.1) is 61.4 Å². The zero-order valence-corrected chi connectivity index (χ0v) is 21.5. The molecular weight excluding hydrogens is 382 g/mol. The van der Waals surface area contributed by atoms with Gasteiger partial charge in [0.2, 0.25) is 0 Å². The third-order valence-electron chi connectivity index (χ3n) is 5.98. The van der Waals surface area contributed by atoms with Gasteiger partial charge in [-0.1, -0.05) is 0 Å². The Morgan fingerprint density at radius 3 is 0.760 bits per heavy atom. The molecule has 2 heterocycles. The summed E-state index contributed by atoms with van der Waals surface area (Å²) in [7, 11) is -1.88. The fraction of sp³-hybridized carbons (Fsp3) is 0.636. The summed E-state index contributed by atoms with van der Waals surface area (Å²) >= 11 is 0. The molecule has 2 aliphatic rings. The minimum absolute atomic E-state index is 0. The molecule has 0 N–H and O–H groups in total. The minimum atomic E-state index is -0.940. The van der Waals surface area contributed by atoms with Crippen molar-refractivity contribution in [2.75, 3.05) is 13.3 Å². The molecule has 0 nitrogen and oxygen atoms in total. The van der Waals surface area contributed by atoms with Gasteiger partial charge in [-0.3, -0.25) is 0 Å². The van der Waals surface area contributed by atoms with Crippen molar-refractivity contribution < 1.29 is 17.1 Å². The second-order valence-electron chi connectivity index (χ2n) is 9.88. The van der Waals surface area contributed by atoms with Crippen LogP contribution >= 0.6 is 14.5 Å². The van der Waals surface area contributed by atoms with Crippen LogP contribution in [0, 0.1) is 0 Å². The summed E-state index contributed by atoms with van der Waals surface area (Å²) in [5.74, 6) is 10.0. The summed E-state index contributed by atoms with van der Waals surface area (Å²) in [6.45, 7) is 27.8. The van der Waals surface area contributed by atoms with Gasteiger partial charge in [-0.25, -0.2) is 0 Å². The zero-order valence-electron chi connectivity index (χ0n) is 18.6. The number of hydrogen-bond acceptors (Lipinski definition) is 0. The van der Waals surface area contributed by atoms with E-state index in [9.17, 15) is 0 Å². The summed E-state index contributed by atoms with van der Waals surface area (Å²) in [5.41, 5.74) is 5.95. The molecule has 0 radical (unpaired) electrons. The van der Waals surface area contributed by atoms with Crippen molar-refractivity contribution in [1.29, 1.82) is 0 Å². The van der Waals surface area contributed by atoms with E-state index in [0.29, 0.717) is 10.3 Å². The Morgan fingerprint density at radius 2 is 0.680 bits per heavy atom. The summed E-state index contributed by atoms with van der Waals surface area (Å²) in [5, 5.41) is 0.873. The first-order valence-electron chi connectivity index (χ1n) is 9.03. The van der Waals surface area contributed by atoms with Crippen LogP contribution in [0.5, 0.6) is 0 Å². The Kier molecular flexibility index (Phi) is 8.26. The van der Waals surface area contributed by atoms with Crippen molar-refractivity contribution in [3.63, 3.8) is 0 Å². The molecular formula is C22H40FeP2+2. The van der Waals surface area contributed by atoms with Crippen molar-refractivity contribution in [3.05, 3.63) is 45.6 Å². The summed E-state index contributed by atoms with van der Waals surface area (Å²) in [6.07, 6.45) is 0. The van der Waals surface area contributed by atoms with Crippen LogP contribution in [-0.2, 0) is 17.1 Å². The Labute approximate surface area is 169 Å². The summed E-state index contributed by atoms with van der Waals surface area (Å²) in [6, 6.07) is 0. The maximum atomic E-state index is 2.50. The van der Waals surface area contributed by atoms with Crippen molar-refractivity contribution in [2.45, 2.75) is 79.5 Å². The molecule has 0 aromatic carbocycles. The molecule has 0 atom stereocenters. The largest absolute Gasteiger partial charge is 0.0795 e. The van der Waals surface area contributed by atoms with Gasteiger partial charge in [-0.05, 0) is 91.5 Å². The first kappa shape index (κ1) is 25.3. The smallest absolute Gasteiger partial charge is 0.0361 e. The SMILES string of the molecule is CC1=C[P+](C)(C(C)(C)C)C=C1C.CC1=C[P+](C)(C(C)(C)C)C=C1C.[Fe]. The van der Waals surface area contributed by atoms with Crippen LogP contribution in [0.25, 0.3) is 0 Å². The molecule has 3 heteroatoms. The first-order valence-corrected chi connectivity index (χ1v) is 13.8. The van der Waals surface area contributed by atoms with E-state index >= 15 is 0 Å². The van der Waals surface area contributed by atoms with Crippen molar-refractivity contribution in [1.82, 2.24) is 0 Å². The summed E-state index contributed by atoms with van der Waals surface area (Å²) in [4.78, 5) is 0. The molecule has 0 fully saturated rings. The van der Waals surface area contributed by atoms with Gasteiger partial charge in [0, 0.05) is 17.1 Å². The van der Waals surface area contributed by atoms with Crippen LogP contribution in [0.3, 0.4) is 0 Å². The molecule has 144 valence electrons. The number of allylic oxidation sites excluding steroid dienone is 4. The normalized spacial score (nSPS) is 21.3. The maximum Gasteiger partial charge on any atom is 0.0795 e. The van der Waals surface area contributed by atoms with Gasteiger partial charge in [0.1, 0.15) is 0 Å². The molecule has 0 amide bonds. The van der Waals surface area contributed by atoms with E-state index in [4.69, 9.17) is 0 Å². The molecule has 2 aliphatic heterocycles. The topological polar surface area (TPSA) is 0 Å². The van der Waals surface area contributed by atoms with Gasteiger partial charge < -0.3 is 0 Å². The fourth-order valence-corrected chi connectivity index (χ4v) is 8.60. The average Bonchev–Trinajstić information content (AvgIpc) is 2.77. The quantitative estimate of drug-likeness (QED) is 0.271. The fourth-order valence-electron chi connectivity index (χ4n) is 2.87. The van der Waals surface area contributed by atoms with Gasteiger partial charge in [0.15, 0.2) is 0 Å². The average molecular weight is 422 g/mol. The second-order valence-corrected chi connectivity index (χ2v) is 18.2. The van der Waals surface area contributed by atoms with E-state index in [-0.39, 0.29) is 17.1 Å². The van der Waals surface area contributed by atoms with E-state index < -0.39 is 14.5 Å². The number of rotatable bonds is 0. The molecule has 2 rings (SSSR count). The van der Waals surface area contributed by atoms with Crippen LogP contribution in [0.15, 0.2) is 45.6 Å². The standard InChI is InChI=1S/2C11H20P.Fe/c2*1-9-7-12(6,8-10(9)2)11(3,4)5;/h2*7-8H,1-6H3;/q2*+1;. The number of hydrogen-bond donors (Lipinski definition) is 0.